The van der Waals surface area contributed by atoms with Gasteiger partial charge in [0.05, 0.1) is 19.3 Å². The molecule has 0 radical (unpaired) electrons. The summed E-state index contributed by atoms with van der Waals surface area (Å²) in [6.07, 6.45) is 1.97. The first-order valence-electron chi connectivity index (χ1n) is 7.96. The monoisotopic (exact) mass is 310 g/mol. The molecule has 2 heterocycles. The van der Waals surface area contributed by atoms with Gasteiger partial charge in [-0.2, -0.15) is 15.0 Å². The minimum atomic E-state index is 0.0185. The van der Waals surface area contributed by atoms with E-state index in [0.717, 1.165) is 32.5 Å². The van der Waals surface area contributed by atoms with E-state index in [1.807, 2.05) is 4.90 Å². The second-order valence-electron chi connectivity index (χ2n) is 5.25. The largest absolute Gasteiger partial charge is 0.395 e. The smallest absolute Gasteiger partial charge is 0.232 e. The normalized spacial score (nSPS) is 17.8. The Morgan fingerprint density at radius 1 is 1.23 bits per heavy atom. The molecule has 1 saturated heterocycles. The molecule has 1 aliphatic rings. The first-order valence-corrected chi connectivity index (χ1v) is 7.96. The Balaban J connectivity index is 2.32. The van der Waals surface area contributed by atoms with Crippen LogP contribution in [0.5, 0.6) is 0 Å². The van der Waals surface area contributed by atoms with Crippen LogP contribution in [0.4, 0.5) is 17.8 Å². The number of aliphatic hydroxyl groups is 2. The average Bonchev–Trinajstić information content (AvgIpc) is 3.02. The van der Waals surface area contributed by atoms with Crippen molar-refractivity contribution in [1.29, 1.82) is 0 Å². The van der Waals surface area contributed by atoms with Gasteiger partial charge in [-0.25, -0.2) is 0 Å². The van der Waals surface area contributed by atoms with Crippen molar-refractivity contribution >= 4 is 17.8 Å². The number of anilines is 3. The number of aromatic nitrogens is 3. The third-order valence-corrected chi connectivity index (χ3v) is 3.90. The van der Waals surface area contributed by atoms with Crippen LogP contribution < -0.4 is 15.1 Å². The molecule has 1 unspecified atom stereocenters. The number of hydrogen-bond donors (Lipinski definition) is 3. The molecule has 1 fully saturated rings. The topological polar surface area (TPSA) is 97.6 Å². The van der Waals surface area contributed by atoms with E-state index in [4.69, 9.17) is 5.11 Å². The predicted molar refractivity (Wildman–Crippen MR) is 86.4 cm³/mol. The summed E-state index contributed by atoms with van der Waals surface area (Å²) in [5.74, 6) is 1.68. The number of nitrogens with one attached hydrogen (secondary N) is 1. The maximum absolute atomic E-state index is 9.51. The quantitative estimate of drug-likeness (QED) is 0.621. The molecule has 2 rings (SSSR count). The summed E-state index contributed by atoms with van der Waals surface area (Å²) in [4.78, 5) is 17.5. The van der Waals surface area contributed by atoms with E-state index in [1.165, 1.54) is 0 Å². The molecule has 8 heteroatoms. The zero-order valence-corrected chi connectivity index (χ0v) is 13.4. The maximum Gasteiger partial charge on any atom is 0.232 e. The van der Waals surface area contributed by atoms with E-state index in [0.29, 0.717) is 24.4 Å². The Labute approximate surface area is 131 Å². The molecule has 0 saturated carbocycles. The molecule has 0 aromatic carbocycles. The lowest BCUT2D eigenvalue weighted by Gasteiger charge is -2.25. The number of rotatable bonds is 8. The van der Waals surface area contributed by atoms with Crippen molar-refractivity contribution in [2.24, 2.45) is 0 Å². The van der Waals surface area contributed by atoms with Gasteiger partial charge in [0.1, 0.15) is 0 Å². The fourth-order valence-electron chi connectivity index (χ4n) is 2.67. The molecule has 1 aliphatic heterocycles. The highest BCUT2D eigenvalue weighted by atomic mass is 16.3. The summed E-state index contributed by atoms with van der Waals surface area (Å²) in [5.41, 5.74) is 0. The Bertz CT molecular complexity index is 469. The molecule has 0 spiro atoms. The Kier molecular flexibility index (Phi) is 6.14. The van der Waals surface area contributed by atoms with Gasteiger partial charge in [-0.05, 0) is 26.7 Å². The molecule has 8 nitrogen and oxygen atoms in total. The van der Waals surface area contributed by atoms with Crippen LogP contribution in [0.25, 0.3) is 0 Å². The third kappa shape index (κ3) is 3.75. The van der Waals surface area contributed by atoms with Crippen molar-refractivity contribution in [3.05, 3.63) is 0 Å². The van der Waals surface area contributed by atoms with Gasteiger partial charge >= 0.3 is 0 Å². The molecule has 0 aliphatic carbocycles. The van der Waals surface area contributed by atoms with Crippen molar-refractivity contribution in [2.75, 3.05) is 54.5 Å². The van der Waals surface area contributed by atoms with Crippen LogP contribution in [0.3, 0.4) is 0 Å². The zero-order chi connectivity index (χ0) is 15.9. The summed E-state index contributed by atoms with van der Waals surface area (Å²) in [5, 5.41) is 21.5. The molecule has 1 aromatic heterocycles. The molecular weight excluding hydrogens is 284 g/mol. The third-order valence-electron chi connectivity index (χ3n) is 3.90. The van der Waals surface area contributed by atoms with E-state index in [2.05, 4.69) is 39.0 Å². The van der Waals surface area contributed by atoms with Crippen LogP contribution in [-0.2, 0) is 0 Å². The van der Waals surface area contributed by atoms with Crippen LogP contribution in [0.15, 0.2) is 0 Å². The lowest BCUT2D eigenvalue weighted by molar-refractivity contribution is 0.265. The number of hydrogen-bond acceptors (Lipinski definition) is 8. The predicted octanol–water partition coefficient (Wildman–Crippen LogP) is 0.0831. The van der Waals surface area contributed by atoms with Gasteiger partial charge in [0.2, 0.25) is 17.8 Å². The fourth-order valence-corrected chi connectivity index (χ4v) is 2.67. The number of nitrogens with zero attached hydrogens (tertiary/aromatic N) is 5. The van der Waals surface area contributed by atoms with Crippen molar-refractivity contribution < 1.29 is 10.2 Å². The Morgan fingerprint density at radius 3 is 2.64 bits per heavy atom. The van der Waals surface area contributed by atoms with Gasteiger partial charge in [-0.1, -0.05) is 0 Å². The maximum atomic E-state index is 9.51. The molecule has 1 atom stereocenters. The fraction of sp³-hybridized carbons (Fsp3) is 0.786. The average molecular weight is 310 g/mol. The van der Waals surface area contributed by atoms with Gasteiger partial charge in [-0.15, -0.1) is 0 Å². The van der Waals surface area contributed by atoms with E-state index in [9.17, 15) is 5.11 Å². The molecular formula is C14H26N6O2. The highest BCUT2D eigenvalue weighted by Crippen LogP contribution is 2.24. The lowest BCUT2D eigenvalue weighted by atomic mass is 10.2. The highest BCUT2D eigenvalue weighted by Gasteiger charge is 2.27. The van der Waals surface area contributed by atoms with E-state index >= 15 is 0 Å². The number of aliphatic hydroxyl groups excluding tert-OH is 2. The van der Waals surface area contributed by atoms with E-state index in [1.54, 1.807) is 0 Å². The van der Waals surface area contributed by atoms with Gasteiger partial charge in [0.25, 0.3) is 0 Å². The van der Waals surface area contributed by atoms with Crippen LogP contribution in [0.2, 0.25) is 0 Å². The summed E-state index contributed by atoms with van der Waals surface area (Å²) in [6, 6.07) is 0.0673. The summed E-state index contributed by atoms with van der Waals surface area (Å²) in [7, 11) is 0. The van der Waals surface area contributed by atoms with E-state index in [-0.39, 0.29) is 19.3 Å². The Hall–Kier alpha value is -1.67. The second kappa shape index (κ2) is 8.09. The molecule has 0 amide bonds. The van der Waals surface area contributed by atoms with Crippen molar-refractivity contribution in [3.63, 3.8) is 0 Å². The van der Waals surface area contributed by atoms with Crippen molar-refractivity contribution in [3.8, 4) is 0 Å². The van der Waals surface area contributed by atoms with Crippen LogP contribution in [0, 0.1) is 0 Å². The standard InChI is InChI=1S/C14H26N6O2/c1-3-19(4-2)13-16-12(15-7-9-21)17-14(18-13)20-8-5-6-11(20)10-22/h11,21-22H,3-10H2,1-2H3,(H,15,16,17,18). The molecule has 0 bridgehead atoms. The van der Waals surface area contributed by atoms with Gasteiger partial charge < -0.3 is 25.3 Å². The summed E-state index contributed by atoms with van der Waals surface area (Å²) >= 11 is 0. The molecule has 3 N–H and O–H groups in total. The second-order valence-corrected chi connectivity index (χ2v) is 5.25. The van der Waals surface area contributed by atoms with Crippen molar-refractivity contribution in [2.45, 2.75) is 32.7 Å². The summed E-state index contributed by atoms with van der Waals surface area (Å²) < 4.78 is 0. The van der Waals surface area contributed by atoms with Gasteiger partial charge in [-0.3, -0.25) is 0 Å². The minimum absolute atomic E-state index is 0.0185. The van der Waals surface area contributed by atoms with Crippen molar-refractivity contribution in [1.82, 2.24) is 15.0 Å². The van der Waals surface area contributed by atoms with Crippen LogP contribution >= 0.6 is 0 Å². The van der Waals surface area contributed by atoms with E-state index < -0.39 is 0 Å². The Morgan fingerprint density at radius 2 is 2.00 bits per heavy atom. The highest BCUT2D eigenvalue weighted by molar-refractivity contribution is 5.46. The first kappa shape index (κ1) is 16.7. The molecule has 1 aromatic rings. The van der Waals surface area contributed by atoms with Gasteiger partial charge in [0.15, 0.2) is 0 Å². The van der Waals surface area contributed by atoms with Crippen LogP contribution in [0.1, 0.15) is 26.7 Å². The minimum Gasteiger partial charge on any atom is -0.395 e. The molecule has 22 heavy (non-hydrogen) atoms. The van der Waals surface area contributed by atoms with Gasteiger partial charge in [0, 0.05) is 26.2 Å². The lowest BCUT2D eigenvalue weighted by Crippen LogP contribution is -2.35. The molecule has 124 valence electrons. The SMILES string of the molecule is CCN(CC)c1nc(NCCO)nc(N2CCCC2CO)n1. The first-order chi connectivity index (χ1) is 10.7. The zero-order valence-electron chi connectivity index (χ0n) is 13.4. The summed E-state index contributed by atoms with van der Waals surface area (Å²) in [6.45, 7) is 7.08. The van der Waals surface area contributed by atoms with Crippen LogP contribution in [-0.4, -0.2) is 70.6 Å².